The molecule has 3 rings (SSSR count). The largest absolute Gasteiger partial charge is 0.340 e. The smallest absolute Gasteiger partial charge is 0.246 e. The molecule has 1 aromatic heterocycles. The Bertz CT molecular complexity index is 691. The molecule has 0 aliphatic carbocycles. The predicted octanol–water partition coefficient (Wildman–Crippen LogP) is 2.50. The van der Waals surface area contributed by atoms with Crippen LogP contribution in [-0.4, -0.2) is 44.1 Å². The summed E-state index contributed by atoms with van der Waals surface area (Å²) in [4.78, 5) is 15.7. The standard InChI is InChI=1S/C16H20ClN5O/c1-11-7-12(2)9-21(8-11)15(23)10-22-19-16(18-20-22)13-5-3-4-6-14(13)17/h3-6,11-12H,7-10H2,1-2H3/t11-,12-/m1/s1. The monoisotopic (exact) mass is 333 g/mol. The number of hydrogen-bond donors (Lipinski definition) is 0. The quantitative estimate of drug-likeness (QED) is 0.865. The van der Waals surface area contributed by atoms with Crippen molar-refractivity contribution in [3.8, 4) is 11.4 Å². The lowest BCUT2D eigenvalue weighted by Gasteiger charge is -2.34. The zero-order chi connectivity index (χ0) is 16.4. The third kappa shape index (κ3) is 3.69. The molecule has 1 aliphatic heterocycles. The van der Waals surface area contributed by atoms with E-state index < -0.39 is 0 Å². The number of carbonyl (C=O) groups is 1. The van der Waals surface area contributed by atoms with Gasteiger partial charge in [-0.15, -0.1) is 10.2 Å². The van der Waals surface area contributed by atoms with Crippen LogP contribution in [0.4, 0.5) is 0 Å². The number of hydrogen-bond acceptors (Lipinski definition) is 4. The van der Waals surface area contributed by atoms with Gasteiger partial charge < -0.3 is 4.90 Å². The SMILES string of the molecule is C[C@@H]1C[C@@H](C)CN(C(=O)Cn2nnc(-c3ccccc3Cl)n2)C1. The number of tetrazole rings is 1. The van der Waals surface area contributed by atoms with Gasteiger partial charge in [-0.2, -0.15) is 4.80 Å². The zero-order valence-electron chi connectivity index (χ0n) is 13.3. The van der Waals surface area contributed by atoms with Crippen LogP contribution < -0.4 is 0 Å². The number of piperidine rings is 1. The Balaban J connectivity index is 1.69. The normalized spacial score (nSPS) is 21.4. The van der Waals surface area contributed by atoms with Crippen LogP contribution in [-0.2, 0) is 11.3 Å². The van der Waals surface area contributed by atoms with E-state index in [2.05, 4.69) is 29.3 Å². The van der Waals surface area contributed by atoms with E-state index in [1.54, 1.807) is 6.07 Å². The van der Waals surface area contributed by atoms with Gasteiger partial charge in [-0.3, -0.25) is 4.79 Å². The minimum absolute atomic E-state index is 0.0338. The number of nitrogens with zero attached hydrogens (tertiary/aromatic N) is 5. The summed E-state index contributed by atoms with van der Waals surface area (Å²) in [6.07, 6.45) is 1.17. The average molecular weight is 334 g/mol. The topological polar surface area (TPSA) is 63.9 Å². The fourth-order valence-electron chi connectivity index (χ4n) is 3.15. The van der Waals surface area contributed by atoms with Crippen LogP contribution in [0.5, 0.6) is 0 Å². The molecule has 2 atom stereocenters. The molecule has 0 radical (unpaired) electrons. The van der Waals surface area contributed by atoms with Gasteiger partial charge in [0.25, 0.3) is 0 Å². The van der Waals surface area contributed by atoms with Crippen molar-refractivity contribution in [1.82, 2.24) is 25.1 Å². The van der Waals surface area contributed by atoms with Crippen LogP contribution in [0, 0.1) is 11.8 Å². The minimum atomic E-state index is 0.0338. The van der Waals surface area contributed by atoms with E-state index in [-0.39, 0.29) is 12.5 Å². The van der Waals surface area contributed by atoms with Crippen molar-refractivity contribution in [2.24, 2.45) is 11.8 Å². The Labute approximate surface area is 140 Å². The summed E-state index contributed by atoms with van der Waals surface area (Å²) in [5, 5.41) is 12.8. The summed E-state index contributed by atoms with van der Waals surface area (Å²) in [7, 11) is 0. The van der Waals surface area contributed by atoms with Gasteiger partial charge in [0.1, 0.15) is 6.54 Å². The van der Waals surface area contributed by atoms with Crippen molar-refractivity contribution in [1.29, 1.82) is 0 Å². The van der Waals surface area contributed by atoms with E-state index >= 15 is 0 Å². The Morgan fingerprint density at radius 3 is 2.65 bits per heavy atom. The average Bonchev–Trinajstić information content (AvgIpc) is 2.95. The third-order valence-electron chi connectivity index (χ3n) is 4.07. The van der Waals surface area contributed by atoms with Gasteiger partial charge in [0.2, 0.25) is 11.7 Å². The molecule has 0 spiro atoms. The highest BCUT2D eigenvalue weighted by molar-refractivity contribution is 6.33. The minimum Gasteiger partial charge on any atom is -0.340 e. The highest BCUT2D eigenvalue weighted by atomic mass is 35.5. The van der Waals surface area contributed by atoms with Gasteiger partial charge in [-0.1, -0.05) is 37.6 Å². The van der Waals surface area contributed by atoms with Crippen molar-refractivity contribution in [3.05, 3.63) is 29.3 Å². The molecule has 23 heavy (non-hydrogen) atoms. The van der Waals surface area contributed by atoms with E-state index in [0.29, 0.717) is 28.2 Å². The molecule has 1 aromatic carbocycles. The molecule has 0 saturated carbocycles. The summed E-state index contributed by atoms with van der Waals surface area (Å²) < 4.78 is 0. The van der Waals surface area contributed by atoms with Crippen molar-refractivity contribution < 1.29 is 4.79 Å². The van der Waals surface area contributed by atoms with Crippen LogP contribution in [0.15, 0.2) is 24.3 Å². The van der Waals surface area contributed by atoms with Gasteiger partial charge in [-0.05, 0) is 35.6 Å². The van der Waals surface area contributed by atoms with Crippen molar-refractivity contribution >= 4 is 17.5 Å². The summed E-state index contributed by atoms with van der Waals surface area (Å²) >= 11 is 6.14. The second-order valence-electron chi connectivity index (χ2n) is 6.37. The fraction of sp³-hybridized carbons (Fsp3) is 0.500. The molecule has 0 unspecified atom stereocenters. The van der Waals surface area contributed by atoms with Gasteiger partial charge >= 0.3 is 0 Å². The van der Waals surface area contributed by atoms with Gasteiger partial charge in [-0.25, -0.2) is 0 Å². The number of aromatic nitrogens is 4. The Kier molecular flexibility index (Phi) is 4.61. The molecule has 2 aromatic rings. The van der Waals surface area contributed by atoms with E-state index in [1.165, 1.54) is 11.2 Å². The number of likely N-dealkylation sites (tertiary alicyclic amines) is 1. The predicted molar refractivity (Wildman–Crippen MR) is 87.8 cm³/mol. The molecule has 1 amide bonds. The zero-order valence-corrected chi connectivity index (χ0v) is 14.1. The second-order valence-corrected chi connectivity index (χ2v) is 6.78. The fourth-order valence-corrected chi connectivity index (χ4v) is 3.37. The molecule has 2 heterocycles. The molecular formula is C16H20ClN5O. The van der Waals surface area contributed by atoms with Crippen LogP contribution in [0.1, 0.15) is 20.3 Å². The molecule has 1 fully saturated rings. The first-order chi connectivity index (χ1) is 11.0. The molecule has 6 nitrogen and oxygen atoms in total. The van der Waals surface area contributed by atoms with Gasteiger partial charge in [0.05, 0.1) is 5.02 Å². The first-order valence-electron chi connectivity index (χ1n) is 7.83. The Hall–Kier alpha value is -1.95. The van der Waals surface area contributed by atoms with Crippen molar-refractivity contribution in [3.63, 3.8) is 0 Å². The summed E-state index contributed by atoms with van der Waals surface area (Å²) in [5.74, 6) is 1.53. The number of carbonyl (C=O) groups excluding carboxylic acids is 1. The van der Waals surface area contributed by atoms with Crippen LogP contribution in [0.2, 0.25) is 5.02 Å². The van der Waals surface area contributed by atoms with E-state index in [1.807, 2.05) is 23.1 Å². The molecule has 1 aliphatic rings. The maximum atomic E-state index is 12.4. The molecule has 0 N–H and O–H groups in total. The lowest BCUT2D eigenvalue weighted by Crippen LogP contribution is -2.44. The molecule has 7 heteroatoms. The maximum Gasteiger partial charge on any atom is 0.246 e. The highest BCUT2D eigenvalue weighted by Crippen LogP contribution is 2.24. The van der Waals surface area contributed by atoms with E-state index in [0.717, 1.165) is 13.1 Å². The molecule has 0 bridgehead atoms. The van der Waals surface area contributed by atoms with Gasteiger partial charge in [0, 0.05) is 18.7 Å². The van der Waals surface area contributed by atoms with Crippen molar-refractivity contribution in [2.75, 3.05) is 13.1 Å². The summed E-state index contributed by atoms with van der Waals surface area (Å²) in [5.41, 5.74) is 0.716. The lowest BCUT2D eigenvalue weighted by atomic mass is 9.92. The first kappa shape index (κ1) is 15.9. The molecule has 1 saturated heterocycles. The maximum absolute atomic E-state index is 12.4. The van der Waals surface area contributed by atoms with Crippen molar-refractivity contribution in [2.45, 2.75) is 26.8 Å². The summed E-state index contributed by atoms with van der Waals surface area (Å²) in [6.45, 7) is 6.07. The highest BCUT2D eigenvalue weighted by Gasteiger charge is 2.26. The molecular weight excluding hydrogens is 314 g/mol. The summed E-state index contributed by atoms with van der Waals surface area (Å²) in [6, 6.07) is 7.32. The van der Waals surface area contributed by atoms with Crippen LogP contribution >= 0.6 is 11.6 Å². The van der Waals surface area contributed by atoms with Gasteiger partial charge in [0.15, 0.2) is 0 Å². The third-order valence-corrected chi connectivity index (χ3v) is 4.40. The number of rotatable bonds is 3. The second kappa shape index (κ2) is 6.66. The Morgan fingerprint density at radius 1 is 1.26 bits per heavy atom. The number of halogens is 1. The Morgan fingerprint density at radius 2 is 1.96 bits per heavy atom. The van der Waals surface area contributed by atoms with E-state index in [4.69, 9.17) is 11.6 Å². The lowest BCUT2D eigenvalue weighted by molar-refractivity contribution is -0.135. The first-order valence-corrected chi connectivity index (χ1v) is 8.21. The van der Waals surface area contributed by atoms with Crippen LogP contribution in [0.25, 0.3) is 11.4 Å². The van der Waals surface area contributed by atoms with E-state index in [9.17, 15) is 4.79 Å². The van der Waals surface area contributed by atoms with Crippen LogP contribution in [0.3, 0.4) is 0 Å². The molecule has 122 valence electrons. The number of amides is 1. The number of benzene rings is 1.